The first-order valence-electron chi connectivity index (χ1n) is 6.10. The van der Waals surface area contributed by atoms with Gasteiger partial charge in [0.1, 0.15) is 24.3 Å². The maximum atomic E-state index is 12.7. The highest BCUT2D eigenvalue weighted by Crippen LogP contribution is 2.30. The SMILES string of the molecule is OC(COc1ccc(C(F)(F)F)cc1)c1ccc(F)cc1. The van der Waals surface area contributed by atoms with Crippen LogP contribution in [-0.2, 0) is 6.18 Å². The van der Waals surface area contributed by atoms with E-state index in [0.717, 1.165) is 12.1 Å². The van der Waals surface area contributed by atoms with Crippen LogP contribution in [0.25, 0.3) is 0 Å². The third kappa shape index (κ3) is 4.19. The summed E-state index contributed by atoms with van der Waals surface area (Å²) in [5.41, 5.74) is -0.308. The van der Waals surface area contributed by atoms with Crippen LogP contribution in [-0.4, -0.2) is 11.7 Å². The highest BCUT2D eigenvalue weighted by Gasteiger charge is 2.30. The van der Waals surface area contributed by atoms with Crippen molar-refractivity contribution >= 4 is 0 Å². The number of hydrogen-bond acceptors (Lipinski definition) is 2. The van der Waals surface area contributed by atoms with Crippen LogP contribution < -0.4 is 4.74 Å². The van der Waals surface area contributed by atoms with Gasteiger partial charge < -0.3 is 9.84 Å². The van der Waals surface area contributed by atoms with E-state index in [-0.39, 0.29) is 12.4 Å². The molecule has 2 aromatic rings. The standard InChI is InChI=1S/C15H12F4O2/c16-12-5-1-10(2-6-12)14(20)9-21-13-7-3-11(4-8-13)15(17,18)19/h1-8,14,20H,9H2. The lowest BCUT2D eigenvalue weighted by Crippen LogP contribution is -2.10. The Labute approximate surface area is 118 Å². The Morgan fingerprint density at radius 1 is 0.952 bits per heavy atom. The Morgan fingerprint density at radius 3 is 2.05 bits per heavy atom. The summed E-state index contributed by atoms with van der Waals surface area (Å²) in [5.74, 6) is -0.209. The van der Waals surface area contributed by atoms with Crippen molar-refractivity contribution in [3.05, 3.63) is 65.5 Å². The molecule has 0 saturated carbocycles. The lowest BCUT2D eigenvalue weighted by Gasteiger charge is -2.13. The van der Waals surface area contributed by atoms with Gasteiger partial charge >= 0.3 is 6.18 Å². The number of rotatable bonds is 4. The van der Waals surface area contributed by atoms with E-state index in [2.05, 4.69) is 0 Å². The Hall–Kier alpha value is -2.08. The van der Waals surface area contributed by atoms with Crippen LogP contribution in [0.5, 0.6) is 5.75 Å². The number of hydrogen-bond donors (Lipinski definition) is 1. The molecule has 0 aliphatic rings. The molecule has 0 amide bonds. The number of ether oxygens (including phenoxy) is 1. The molecule has 0 aliphatic heterocycles. The van der Waals surface area contributed by atoms with Crippen molar-refractivity contribution in [1.29, 1.82) is 0 Å². The predicted molar refractivity (Wildman–Crippen MR) is 68.3 cm³/mol. The minimum atomic E-state index is -4.40. The second-order valence-electron chi connectivity index (χ2n) is 4.40. The van der Waals surface area contributed by atoms with Crippen LogP contribution in [0.4, 0.5) is 17.6 Å². The molecule has 2 aromatic carbocycles. The molecule has 112 valence electrons. The Kier molecular flexibility index (Phi) is 4.47. The quantitative estimate of drug-likeness (QED) is 0.866. The number of halogens is 4. The monoisotopic (exact) mass is 300 g/mol. The van der Waals surface area contributed by atoms with Crippen molar-refractivity contribution in [2.45, 2.75) is 12.3 Å². The Morgan fingerprint density at radius 2 is 1.52 bits per heavy atom. The molecule has 2 rings (SSSR count). The molecule has 0 aliphatic carbocycles. The highest BCUT2D eigenvalue weighted by atomic mass is 19.4. The second kappa shape index (κ2) is 6.13. The minimum absolute atomic E-state index is 0.142. The van der Waals surface area contributed by atoms with E-state index in [9.17, 15) is 22.7 Å². The molecule has 0 heterocycles. The molecule has 0 aromatic heterocycles. The summed E-state index contributed by atoms with van der Waals surface area (Å²) in [6.07, 6.45) is -5.39. The summed E-state index contributed by atoms with van der Waals surface area (Å²) in [4.78, 5) is 0. The number of alkyl halides is 3. The maximum Gasteiger partial charge on any atom is 0.416 e. The van der Waals surface area contributed by atoms with Gasteiger partial charge in [0.2, 0.25) is 0 Å². The van der Waals surface area contributed by atoms with Gasteiger partial charge in [-0.3, -0.25) is 0 Å². The van der Waals surface area contributed by atoms with Crippen LogP contribution in [0.15, 0.2) is 48.5 Å². The lowest BCUT2D eigenvalue weighted by atomic mass is 10.1. The summed E-state index contributed by atoms with van der Waals surface area (Å²) in [5, 5.41) is 9.83. The van der Waals surface area contributed by atoms with Crippen molar-refractivity contribution < 1.29 is 27.4 Å². The molecule has 6 heteroatoms. The predicted octanol–water partition coefficient (Wildman–Crippen LogP) is 3.96. The van der Waals surface area contributed by atoms with Gasteiger partial charge in [-0.2, -0.15) is 13.2 Å². The van der Waals surface area contributed by atoms with Gasteiger partial charge in [0.05, 0.1) is 5.56 Å². The highest BCUT2D eigenvalue weighted by molar-refractivity contribution is 5.29. The summed E-state index contributed by atoms with van der Waals surface area (Å²) in [7, 11) is 0. The molecule has 0 bridgehead atoms. The van der Waals surface area contributed by atoms with Gasteiger partial charge in [0.15, 0.2) is 0 Å². The van der Waals surface area contributed by atoms with Crippen molar-refractivity contribution in [2.75, 3.05) is 6.61 Å². The molecule has 0 spiro atoms. The van der Waals surface area contributed by atoms with Gasteiger partial charge in [0.25, 0.3) is 0 Å². The molecule has 1 unspecified atom stereocenters. The zero-order chi connectivity index (χ0) is 15.5. The van der Waals surface area contributed by atoms with Gasteiger partial charge in [-0.1, -0.05) is 12.1 Å². The minimum Gasteiger partial charge on any atom is -0.491 e. The first-order chi connectivity index (χ1) is 9.86. The van der Waals surface area contributed by atoms with E-state index in [1.54, 1.807) is 0 Å². The summed E-state index contributed by atoms with van der Waals surface area (Å²) < 4.78 is 55.1. The Bertz CT molecular complexity index is 576. The number of benzene rings is 2. The number of aliphatic hydroxyl groups excluding tert-OH is 1. The first kappa shape index (κ1) is 15.3. The van der Waals surface area contributed by atoms with Gasteiger partial charge in [-0.15, -0.1) is 0 Å². The molecular weight excluding hydrogens is 288 g/mol. The zero-order valence-corrected chi connectivity index (χ0v) is 10.8. The molecule has 0 radical (unpaired) electrons. The van der Waals surface area contributed by atoms with E-state index in [0.29, 0.717) is 5.56 Å². The second-order valence-corrected chi connectivity index (χ2v) is 4.40. The van der Waals surface area contributed by atoms with E-state index in [1.165, 1.54) is 36.4 Å². The van der Waals surface area contributed by atoms with Crippen molar-refractivity contribution in [3.8, 4) is 5.75 Å². The van der Waals surface area contributed by atoms with Crippen LogP contribution in [0.2, 0.25) is 0 Å². The van der Waals surface area contributed by atoms with Crippen molar-refractivity contribution in [3.63, 3.8) is 0 Å². The molecule has 0 saturated heterocycles. The van der Waals surface area contributed by atoms with Crippen LogP contribution in [0, 0.1) is 5.82 Å². The molecule has 21 heavy (non-hydrogen) atoms. The topological polar surface area (TPSA) is 29.5 Å². The average Bonchev–Trinajstić information content (AvgIpc) is 2.45. The zero-order valence-electron chi connectivity index (χ0n) is 10.8. The van der Waals surface area contributed by atoms with Crippen LogP contribution in [0.3, 0.4) is 0 Å². The largest absolute Gasteiger partial charge is 0.491 e. The number of aliphatic hydroxyl groups is 1. The van der Waals surface area contributed by atoms with Crippen LogP contribution in [0.1, 0.15) is 17.2 Å². The lowest BCUT2D eigenvalue weighted by molar-refractivity contribution is -0.137. The molecule has 1 atom stereocenters. The van der Waals surface area contributed by atoms with Gasteiger partial charge in [-0.25, -0.2) is 4.39 Å². The summed E-state index contributed by atoms with van der Waals surface area (Å²) in [6.45, 7) is -0.142. The van der Waals surface area contributed by atoms with Crippen LogP contribution >= 0.6 is 0 Å². The summed E-state index contributed by atoms with van der Waals surface area (Å²) >= 11 is 0. The van der Waals surface area contributed by atoms with E-state index < -0.39 is 23.7 Å². The van der Waals surface area contributed by atoms with E-state index in [1.807, 2.05) is 0 Å². The normalized spacial score (nSPS) is 13.0. The average molecular weight is 300 g/mol. The third-order valence-corrected chi connectivity index (χ3v) is 2.84. The Balaban J connectivity index is 1.95. The first-order valence-corrected chi connectivity index (χ1v) is 6.10. The maximum absolute atomic E-state index is 12.7. The van der Waals surface area contributed by atoms with E-state index >= 15 is 0 Å². The van der Waals surface area contributed by atoms with Crippen molar-refractivity contribution in [2.24, 2.45) is 0 Å². The molecule has 0 fully saturated rings. The van der Waals surface area contributed by atoms with E-state index in [4.69, 9.17) is 4.74 Å². The fourth-order valence-corrected chi connectivity index (χ4v) is 1.70. The molecule has 2 nitrogen and oxygen atoms in total. The fourth-order valence-electron chi connectivity index (χ4n) is 1.70. The van der Waals surface area contributed by atoms with Gasteiger partial charge in [0, 0.05) is 0 Å². The summed E-state index contributed by atoms with van der Waals surface area (Å²) in [6, 6.07) is 9.40. The smallest absolute Gasteiger partial charge is 0.416 e. The molecular formula is C15H12F4O2. The fraction of sp³-hybridized carbons (Fsp3) is 0.200. The third-order valence-electron chi connectivity index (χ3n) is 2.84. The van der Waals surface area contributed by atoms with Gasteiger partial charge in [-0.05, 0) is 42.0 Å². The molecule has 1 N–H and O–H groups in total. The van der Waals surface area contributed by atoms with Crippen molar-refractivity contribution in [1.82, 2.24) is 0 Å².